The van der Waals surface area contributed by atoms with Gasteiger partial charge in [-0.3, -0.25) is 4.79 Å². The van der Waals surface area contributed by atoms with Crippen molar-refractivity contribution in [2.75, 3.05) is 5.32 Å². The van der Waals surface area contributed by atoms with Crippen LogP contribution in [0.25, 0.3) is 11.4 Å². The van der Waals surface area contributed by atoms with Crippen LogP contribution >= 0.6 is 0 Å². The van der Waals surface area contributed by atoms with Crippen LogP contribution in [0, 0.1) is 11.8 Å². The predicted molar refractivity (Wildman–Crippen MR) is 104 cm³/mol. The van der Waals surface area contributed by atoms with Crippen molar-refractivity contribution in [3.8, 4) is 23.2 Å². The molecule has 2 heterocycles. The largest absolute Gasteiger partial charge is 0.322 e. The predicted octanol–water partition coefficient (Wildman–Crippen LogP) is 2.91. The molecule has 0 spiro atoms. The molecular formula is C21H14N6O. The average molecular weight is 366 g/mol. The molecule has 4 aromatic rings. The lowest BCUT2D eigenvalue weighted by Gasteiger charge is -2.06. The molecule has 2 aromatic heterocycles. The minimum absolute atomic E-state index is 0.213. The Kier molecular flexibility index (Phi) is 4.85. The zero-order chi connectivity index (χ0) is 19.2. The van der Waals surface area contributed by atoms with Gasteiger partial charge in [-0.25, -0.2) is 4.98 Å². The molecule has 28 heavy (non-hydrogen) atoms. The molecule has 7 heteroatoms. The summed E-state index contributed by atoms with van der Waals surface area (Å²) >= 11 is 0. The molecule has 134 valence electrons. The van der Waals surface area contributed by atoms with Gasteiger partial charge in [-0.15, -0.1) is 10.2 Å². The van der Waals surface area contributed by atoms with Gasteiger partial charge in [0.05, 0.1) is 0 Å². The van der Waals surface area contributed by atoms with E-state index < -0.39 is 0 Å². The number of hydrogen-bond acceptors (Lipinski definition) is 5. The van der Waals surface area contributed by atoms with Crippen LogP contribution < -0.4 is 5.32 Å². The van der Waals surface area contributed by atoms with Crippen molar-refractivity contribution in [3.63, 3.8) is 0 Å². The Balaban J connectivity index is 1.47. The number of rotatable bonds is 3. The lowest BCUT2D eigenvalue weighted by atomic mass is 10.1. The molecule has 2 N–H and O–H groups in total. The summed E-state index contributed by atoms with van der Waals surface area (Å²) in [4.78, 5) is 16.7. The lowest BCUT2D eigenvalue weighted by Crippen LogP contribution is -2.11. The van der Waals surface area contributed by atoms with Crippen molar-refractivity contribution < 1.29 is 4.79 Å². The number of carbonyl (C=O) groups is 1. The second-order valence-corrected chi connectivity index (χ2v) is 5.81. The first-order valence-corrected chi connectivity index (χ1v) is 8.46. The quantitative estimate of drug-likeness (QED) is 0.544. The fourth-order valence-corrected chi connectivity index (χ4v) is 2.51. The molecule has 0 unspecified atom stereocenters. The first kappa shape index (κ1) is 17.1. The Morgan fingerprint density at radius 1 is 0.964 bits per heavy atom. The fraction of sp³-hybridized carbons (Fsp3) is 0. The first-order chi connectivity index (χ1) is 13.8. The van der Waals surface area contributed by atoms with E-state index in [9.17, 15) is 4.79 Å². The third-order valence-electron chi connectivity index (χ3n) is 3.87. The molecule has 2 aromatic carbocycles. The van der Waals surface area contributed by atoms with Crippen molar-refractivity contribution in [1.29, 1.82) is 0 Å². The first-order valence-electron chi connectivity index (χ1n) is 8.46. The number of amides is 1. The van der Waals surface area contributed by atoms with Crippen LogP contribution in [0.15, 0.2) is 72.9 Å². The van der Waals surface area contributed by atoms with E-state index in [1.807, 2.05) is 42.5 Å². The van der Waals surface area contributed by atoms with Crippen molar-refractivity contribution in [3.05, 3.63) is 89.7 Å². The molecule has 0 radical (unpaired) electrons. The minimum atomic E-state index is -0.213. The van der Waals surface area contributed by atoms with E-state index in [1.165, 1.54) is 0 Å². The molecule has 0 saturated heterocycles. The summed E-state index contributed by atoms with van der Waals surface area (Å²) in [5.74, 6) is 6.31. The number of aromatic nitrogens is 5. The SMILES string of the molecule is O=C(Nc1cccc(C#Cc2ccccn2)c1)c1ccc(-c2nn[nH]n2)cc1. The van der Waals surface area contributed by atoms with E-state index in [-0.39, 0.29) is 5.91 Å². The smallest absolute Gasteiger partial charge is 0.255 e. The summed E-state index contributed by atoms with van der Waals surface area (Å²) < 4.78 is 0. The topological polar surface area (TPSA) is 96.5 Å². The highest BCUT2D eigenvalue weighted by Gasteiger charge is 2.08. The van der Waals surface area contributed by atoms with Crippen LogP contribution in [0.3, 0.4) is 0 Å². The molecule has 1 amide bonds. The molecule has 7 nitrogen and oxygen atoms in total. The summed E-state index contributed by atoms with van der Waals surface area (Å²) in [6.45, 7) is 0. The maximum atomic E-state index is 12.5. The van der Waals surface area contributed by atoms with Crippen LogP contribution in [0.5, 0.6) is 0 Å². The van der Waals surface area contributed by atoms with Gasteiger partial charge in [0.1, 0.15) is 5.69 Å². The highest BCUT2D eigenvalue weighted by Crippen LogP contribution is 2.16. The Hall–Kier alpha value is -4.31. The second-order valence-electron chi connectivity index (χ2n) is 5.81. The maximum Gasteiger partial charge on any atom is 0.255 e. The van der Waals surface area contributed by atoms with Crippen molar-refractivity contribution >= 4 is 11.6 Å². The molecule has 0 aliphatic carbocycles. The number of hydrogen-bond donors (Lipinski definition) is 2. The van der Waals surface area contributed by atoms with Gasteiger partial charge in [0.2, 0.25) is 5.82 Å². The lowest BCUT2D eigenvalue weighted by molar-refractivity contribution is 0.102. The Morgan fingerprint density at radius 2 is 1.86 bits per heavy atom. The zero-order valence-corrected chi connectivity index (χ0v) is 14.6. The van der Waals surface area contributed by atoms with Gasteiger partial charge in [0.15, 0.2) is 0 Å². The molecule has 0 bridgehead atoms. The van der Waals surface area contributed by atoms with Gasteiger partial charge >= 0.3 is 0 Å². The van der Waals surface area contributed by atoms with Crippen LogP contribution in [0.4, 0.5) is 5.69 Å². The van der Waals surface area contributed by atoms with Gasteiger partial charge in [0, 0.05) is 28.6 Å². The number of nitrogens with one attached hydrogen (secondary N) is 2. The number of carbonyl (C=O) groups excluding carboxylic acids is 1. The standard InChI is InChI=1S/C21H14N6O/c28-21(17-10-8-16(9-11-17)20-24-26-27-25-20)23-19-6-3-4-15(14-19)7-12-18-5-1-2-13-22-18/h1-6,8-11,13-14H,(H,23,28)(H,24,25,26,27). The van der Waals surface area contributed by atoms with Gasteiger partial charge in [-0.05, 0) is 53.6 Å². The van der Waals surface area contributed by atoms with Crippen molar-refractivity contribution in [1.82, 2.24) is 25.6 Å². The number of H-pyrrole nitrogens is 1. The number of benzene rings is 2. The highest BCUT2D eigenvalue weighted by molar-refractivity contribution is 6.04. The monoisotopic (exact) mass is 366 g/mol. The number of anilines is 1. The van der Waals surface area contributed by atoms with Crippen LogP contribution in [0.2, 0.25) is 0 Å². The van der Waals surface area contributed by atoms with Crippen molar-refractivity contribution in [2.24, 2.45) is 0 Å². The Bertz CT molecular complexity index is 1140. The van der Waals surface area contributed by atoms with Gasteiger partial charge < -0.3 is 5.32 Å². The number of pyridine rings is 1. The van der Waals surface area contributed by atoms with Gasteiger partial charge in [0.25, 0.3) is 5.91 Å². The second kappa shape index (κ2) is 7.93. The molecule has 0 fully saturated rings. The molecular weight excluding hydrogens is 352 g/mol. The van der Waals surface area contributed by atoms with E-state index in [4.69, 9.17) is 0 Å². The van der Waals surface area contributed by atoms with Gasteiger partial charge in [-0.1, -0.05) is 30.2 Å². The summed E-state index contributed by atoms with van der Waals surface area (Å²) in [6, 6.07) is 19.9. The minimum Gasteiger partial charge on any atom is -0.322 e. The fourth-order valence-electron chi connectivity index (χ4n) is 2.51. The Morgan fingerprint density at radius 3 is 2.61 bits per heavy atom. The number of tetrazole rings is 1. The summed E-state index contributed by atoms with van der Waals surface area (Å²) in [6.07, 6.45) is 1.70. The van der Waals surface area contributed by atoms with E-state index in [1.54, 1.807) is 30.5 Å². The van der Waals surface area contributed by atoms with E-state index in [0.717, 1.165) is 11.1 Å². The molecule has 0 aliphatic rings. The third kappa shape index (κ3) is 4.08. The maximum absolute atomic E-state index is 12.5. The van der Waals surface area contributed by atoms with Crippen LogP contribution in [0.1, 0.15) is 21.6 Å². The average Bonchev–Trinajstić information content (AvgIpc) is 3.28. The summed E-state index contributed by atoms with van der Waals surface area (Å²) in [7, 11) is 0. The molecule has 0 aliphatic heterocycles. The van der Waals surface area contributed by atoms with E-state index >= 15 is 0 Å². The molecule has 0 saturated carbocycles. The molecule has 0 atom stereocenters. The zero-order valence-electron chi connectivity index (χ0n) is 14.6. The normalized spacial score (nSPS) is 10.0. The highest BCUT2D eigenvalue weighted by atomic mass is 16.1. The third-order valence-corrected chi connectivity index (χ3v) is 3.87. The Labute approximate surface area is 160 Å². The molecule has 4 rings (SSSR count). The number of nitrogens with zero attached hydrogens (tertiary/aromatic N) is 4. The van der Waals surface area contributed by atoms with E-state index in [0.29, 0.717) is 22.8 Å². The van der Waals surface area contributed by atoms with E-state index in [2.05, 4.69) is 42.8 Å². The van der Waals surface area contributed by atoms with Gasteiger partial charge in [-0.2, -0.15) is 5.21 Å². The van der Waals surface area contributed by atoms with Crippen LogP contribution in [-0.4, -0.2) is 31.5 Å². The summed E-state index contributed by atoms with van der Waals surface area (Å²) in [5.41, 5.74) is 3.45. The summed E-state index contributed by atoms with van der Waals surface area (Å²) in [5, 5.41) is 16.6. The van der Waals surface area contributed by atoms with Crippen LogP contribution in [-0.2, 0) is 0 Å². The van der Waals surface area contributed by atoms with Crippen molar-refractivity contribution in [2.45, 2.75) is 0 Å². The number of aromatic amines is 1.